The van der Waals surface area contributed by atoms with Crippen molar-refractivity contribution in [1.82, 2.24) is 4.90 Å². The van der Waals surface area contributed by atoms with Crippen LogP contribution >= 0.6 is 35.9 Å². The third kappa shape index (κ3) is 5.06. The van der Waals surface area contributed by atoms with E-state index < -0.39 is 13.2 Å². The van der Waals surface area contributed by atoms with Crippen LogP contribution in [0.4, 0.5) is 0 Å². The third-order valence-corrected chi connectivity index (χ3v) is 11.0. The van der Waals surface area contributed by atoms with Gasteiger partial charge in [0.2, 0.25) is 0 Å². The van der Waals surface area contributed by atoms with Crippen molar-refractivity contribution >= 4 is 76.4 Å². The summed E-state index contributed by atoms with van der Waals surface area (Å²) < 4.78 is 38.4. The predicted molar refractivity (Wildman–Crippen MR) is 128 cm³/mol. The van der Waals surface area contributed by atoms with Gasteiger partial charge in [-0.05, 0) is 0 Å². The molecule has 0 spiro atoms. The second kappa shape index (κ2) is 10.6. The summed E-state index contributed by atoms with van der Waals surface area (Å²) in [4.78, 5) is 15.1. The Balaban J connectivity index is 0.00000272. The van der Waals surface area contributed by atoms with Gasteiger partial charge in [0.1, 0.15) is 0 Å². The molecule has 0 amide bonds. The fraction of sp³-hybridized carbons (Fsp3) is 0.450. The van der Waals surface area contributed by atoms with Gasteiger partial charge in [-0.25, -0.2) is 0 Å². The molecule has 0 saturated carbocycles. The Morgan fingerprint density at radius 2 is 1.87 bits per heavy atom. The van der Waals surface area contributed by atoms with Crippen LogP contribution in [0.2, 0.25) is 0 Å². The largest absolute Gasteiger partial charge is 0.147 e. The first-order valence-corrected chi connectivity index (χ1v) is 13.9. The minimum absolute atomic E-state index is 0. The number of nitrogens with zero attached hydrogens (tertiary/aromatic N) is 1. The summed E-state index contributed by atoms with van der Waals surface area (Å²) >= 11 is 3.78. The summed E-state index contributed by atoms with van der Waals surface area (Å²) in [5.74, 6) is 0. The summed E-state index contributed by atoms with van der Waals surface area (Å²) in [6.07, 6.45) is 0. The topological polar surface area (TPSA) is 78.2 Å². The number of benzene rings is 1. The molecule has 1 aliphatic rings. The van der Waals surface area contributed by atoms with Crippen LogP contribution in [0.5, 0.6) is 0 Å². The molecule has 1 saturated heterocycles. The van der Waals surface area contributed by atoms with E-state index in [4.69, 9.17) is 18.2 Å². The van der Waals surface area contributed by atoms with Gasteiger partial charge in [0.15, 0.2) is 0 Å². The summed E-state index contributed by atoms with van der Waals surface area (Å²) in [5.41, 5.74) is -0.121. The molecule has 0 aliphatic carbocycles. The second-order valence-corrected chi connectivity index (χ2v) is 11.9. The Labute approximate surface area is 200 Å². The molecule has 7 nitrogen and oxygen atoms in total. The van der Waals surface area contributed by atoms with E-state index in [9.17, 15) is 9.36 Å². The zero-order chi connectivity index (χ0) is 21.3. The number of hydrogen-bond donors (Lipinski definition) is 0. The quantitative estimate of drug-likeness (QED) is 0.232. The van der Waals surface area contributed by atoms with E-state index in [2.05, 4.69) is 20.8 Å². The van der Waals surface area contributed by atoms with Gasteiger partial charge >= 0.3 is 189 Å². The van der Waals surface area contributed by atoms with Gasteiger partial charge in [-0.1, -0.05) is 0 Å². The molecule has 1 aliphatic heterocycles. The fourth-order valence-electron chi connectivity index (χ4n) is 3.51. The van der Waals surface area contributed by atoms with Gasteiger partial charge in [0, 0.05) is 0 Å². The van der Waals surface area contributed by atoms with Crippen LogP contribution in [0.1, 0.15) is 18.3 Å². The first-order valence-electron chi connectivity index (χ1n) is 9.84. The molecular formula is C20H24BrClNO6PSe. The Morgan fingerprint density at radius 1 is 1.19 bits per heavy atom. The first kappa shape index (κ1) is 25.2. The van der Waals surface area contributed by atoms with Gasteiger partial charge in [0.05, 0.1) is 0 Å². The van der Waals surface area contributed by atoms with Crippen LogP contribution in [0.25, 0.3) is 20.6 Å². The first-order chi connectivity index (χ1) is 14.5. The summed E-state index contributed by atoms with van der Waals surface area (Å²) in [6.45, 7) is 7.97. The smallest absolute Gasteiger partial charge is 0.147 e. The van der Waals surface area contributed by atoms with Gasteiger partial charge in [-0.2, -0.15) is 0 Å². The van der Waals surface area contributed by atoms with Crippen LogP contribution in [-0.2, 0) is 24.9 Å². The SMILES string of the molecule is CCOP(=O)(OCC)c1cc2ccc3c(Br)c(CN4CCOCC4)[se]c3c2oc1=O.Cl. The van der Waals surface area contributed by atoms with Gasteiger partial charge in [-0.3, -0.25) is 0 Å². The monoisotopic (exact) mass is 599 g/mol. The summed E-state index contributed by atoms with van der Waals surface area (Å²) in [7, 11) is -3.72. The van der Waals surface area contributed by atoms with Crippen LogP contribution in [0.3, 0.4) is 0 Å². The number of hydrogen-bond acceptors (Lipinski definition) is 7. The van der Waals surface area contributed by atoms with Crippen LogP contribution < -0.4 is 10.9 Å². The molecule has 11 heteroatoms. The number of ether oxygens (including phenoxy) is 1. The van der Waals surface area contributed by atoms with E-state index in [1.807, 2.05) is 12.1 Å². The Bertz CT molecular complexity index is 1170. The number of halogens is 2. The zero-order valence-electron chi connectivity index (χ0n) is 17.2. The molecule has 2 aromatic heterocycles. The molecule has 170 valence electrons. The summed E-state index contributed by atoms with van der Waals surface area (Å²) in [6, 6.07) is 5.50. The Kier molecular flexibility index (Phi) is 8.63. The normalized spacial score (nSPS) is 15.5. The Hall–Kier alpha value is -0.471. The van der Waals surface area contributed by atoms with Crippen LogP contribution in [0.15, 0.2) is 31.9 Å². The second-order valence-electron chi connectivity index (χ2n) is 6.84. The van der Waals surface area contributed by atoms with E-state index >= 15 is 0 Å². The summed E-state index contributed by atoms with van der Waals surface area (Å²) in [5, 5.41) is 1.72. The molecule has 3 heterocycles. The number of fused-ring (bicyclic) bond motifs is 3. The van der Waals surface area contributed by atoms with Crippen molar-refractivity contribution in [2.45, 2.75) is 20.4 Å². The maximum Gasteiger partial charge on any atom is -0.147 e. The van der Waals surface area contributed by atoms with Crippen molar-refractivity contribution in [3.63, 3.8) is 0 Å². The molecule has 0 N–H and O–H groups in total. The third-order valence-electron chi connectivity index (χ3n) is 4.91. The fourth-order valence-corrected chi connectivity index (χ4v) is 8.85. The van der Waals surface area contributed by atoms with E-state index in [1.165, 1.54) is 4.44 Å². The molecule has 1 aromatic carbocycles. The molecular weight excluding hydrogens is 576 g/mol. The maximum absolute atomic E-state index is 13.1. The van der Waals surface area contributed by atoms with E-state index in [1.54, 1.807) is 19.9 Å². The molecule has 3 aromatic rings. The van der Waals surface area contributed by atoms with E-state index in [0.717, 1.165) is 52.4 Å². The number of rotatable bonds is 7. The zero-order valence-corrected chi connectivity index (χ0v) is 22.2. The average molecular weight is 600 g/mol. The minimum atomic E-state index is -3.72. The van der Waals surface area contributed by atoms with Gasteiger partial charge in [0.25, 0.3) is 0 Å². The Morgan fingerprint density at radius 3 is 2.52 bits per heavy atom. The predicted octanol–water partition coefficient (Wildman–Crippen LogP) is 3.91. The number of morpholine rings is 1. The van der Waals surface area contributed by atoms with Gasteiger partial charge in [-0.15, -0.1) is 12.4 Å². The maximum atomic E-state index is 13.1. The molecule has 0 unspecified atom stereocenters. The van der Waals surface area contributed by atoms with Crippen molar-refractivity contribution in [1.29, 1.82) is 0 Å². The van der Waals surface area contributed by atoms with Crippen molar-refractivity contribution in [3.8, 4) is 0 Å². The van der Waals surface area contributed by atoms with Crippen LogP contribution in [0, 0.1) is 0 Å². The van der Waals surface area contributed by atoms with Crippen molar-refractivity contribution < 1.29 is 22.8 Å². The van der Waals surface area contributed by atoms with Crippen molar-refractivity contribution in [2.75, 3.05) is 39.5 Å². The molecule has 0 bridgehead atoms. The molecule has 31 heavy (non-hydrogen) atoms. The van der Waals surface area contributed by atoms with Crippen molar-refractivity contribution in [2.24, 2.45) is 0 Å². The standard InChI is InChI=1S/C20H23BrNO6PSe.ClH/c1-3-26-29(24,27-4-2)15-11-13-5-6-14-17(21)16(12-22-7-9-25-10-8-22)30-19(14)18(13)28-20(15)23;/h5-6,11H,3-4,7-10,12H2,1-2H3;1H. The molecule has 0 radical (unpaired) electrons. The minimum Gasteiger partial charge on any atom is -0.147 e. The van der Waals surface area contributed by atoms with Crippen LogP contribution in [-0.4, -0.2) is 58.9 Å². The molecule has 0 atom stereocenters. The van der Waals surface area contributed by atoms with Gasteiger partial charge < -0.3 is 0 Å². The molecule has 4 rings (SSSR count). The van der Waals surface area contributed by atoms with Crippen molar-refractivity contribution in [3.05, 3.63) is 37.5 Å². The molecule has 1 fully saturated rings. The van der Waals surface area contributed by atoms with E-state index in [0.29, 0.717) is 5.58 Å². The van der Waals surface area contributed by atoms with E-state index in [-0.39, 0.29) is 45.4 Å². The average Bonchev–Trinajstić information content (AvgIpc) is 3.04.